The average Bonchev–Trinajstić information content (AvgIpc) is 2.79. The van der Waals surface area contributed by atoms with Crippen LogP contribution in [0.5, 0.6) is 0 Å². The number of benzene rings is 1. The number of aromatic nitrogens is 2. The summed E-state index contributed by atoms with van der Waals surface area (Å²) in [4.78, 5) is -0.430. The molecular weight excluding hydrogens is 304 g/mol. The second-order valence-electron chi connectivity index (χ2n) is 4.06. The minimum absolute atomic E-state index is 0.0478. The van der Waals surface area contributed by atoms with E-state index in [0.717, 1.165) is 12.3 Å². The fourth-order valence-corrected chi connectivity index (χ4v) is 3.41. The van der Waals surface area contributed by atoms with Crippen molar-refractivity contribution in [1.82, 2.24) is 10.2 Å². The number of aromatic amines is 1. The number of H-pyrrole nitrogens is 1. The van der Waals surface area contributed by atoms with Gasteiger partial charge in [0.05, 0.1) is 22.5 Å². The van der Waals surface area contributed by atoms with Crippen molar-refractivity contribution in [2.45, 2.75) is 9.79 Å². The van der Waals surface area contributed by atoms with Crippen LogP contribution in [0, 0.1) is 0 Å². The lowest BCUT2D eigenvalue weighted by atomic mass is 10.3. The number of nitrogens with zero attached hydrogens (tertiary/aromatic N) is 1. The van der Waals surface area contributed by atoms with Crippen molar-refractivity contribution < 1.29 is 16.8 Å². The molecule has 0 aliphatic heterocycles. The second-order valence-corrected chi connectivity index (χ2v) is 7.73. The molecule has 0 fully saturated rings. The molecule has 2 aromatic rings. The number of nitrogens with one attached hydrogen (secondary N) is 2. The van der Waals surface area contributed by atoms with Gasteiger partial charge in [-0.1, -0.05) is 0 Å². The van der Waals surface area contributed by atoms with Gasteiger partial charge in [-0.05, 0) is 18.2 Å². The normalized spacial score (nSPS) is 12.2. The predicted octanol–water partition coefficient (Wildman–Crippen LogP) is 0.196. The third-order valence-corrected chi connectivity index (χ3v) is 5.00. The predicted molar refractivity (Wildman–Crippen MR) is 73.4 cm³/mol. The molecular formula is C10H12N4O4S2. The Morgan fingerprint density at radius 1 is 1.25 bits per heavy atom. The zero-order chi connectivity index (χ0) is 15.0. The molecule has 0 spiro atoms. The SMILES string of the molecule is CS(=O)(=O)c1ccc(N)c(S(=O)(=O)Nc2cn[nH]c2)c1. The smallest absolute Gasteiger partial charge is 0.264 e. The maximum atomic E-state index is 12.2. The zero-order valence-corrected chi connectivity index (χ0v) is 12.0. The standard InChI is InChI=1S/C10H12N4O4S2/c1-19(15,16)8-2-3-9(11)10(4-8)20(17,18)14-7-5-12-13-6-7/h2-6,14H,11H2,1H3,(H,12,13). The van der Waals surface area contributed by atoms with E-state index < -0.39 is 19.9 Å². The van der Waals surface area contributed by atoms with Crippen LogP contribution < -0.4 is 10.5 Å². The first-order valence-corrected chi connectivity index (χ1v) is 8.69. The molecule has 0 saturated carbocycles. The van der Waals surface area contributed by atoms with E-state index in [1.807, 2.05) is 0 Å². The number of nitrogen functional groups attached to an aromatic ring is 1. The van der Waals surface area contributed by atoms with Crippen LogP contribution in [-0.4, -0.2) is 33.3 Å². The highest BCUT2D eigenvalue weighted by atomic mass is 32.2. The van der Waals surface area contributed by atoms with Gasteiger partial charge in [0.1, 0.15) is 4.90 Å². The summed E-state index contributed by atoms with van der Waals surface area (Å²) in [6, 6.07) is 3.51. The Labute approximate surface area is 116 Å². The van der Waals surface area contributed by atoms with Crippen molar-refractivity contribution >= 4 is 31.2 Å². The topological polar surface area (TPSA) is 135 Å². The van der Waals surface area contributed by atoms with E-state index in [-0.39, 0.29) is 21.2 Å². The third kappa shape index (κ3) is 2.91. The molecule has 2 rings (SSSR count). The Kier molecular flexibility index (Phi) is 3.44. The molecule has 1 aromatic heterocycles. The monoisotopic (exact) mass is 316 g/mol. The van der Waals surface area contributed by atoms with Crippen molar-refractivity contribution in [3.05, 3.63) is 30.6 Å². The van der Waals surface area contributed by atoms with Crippen molar-refractivity contribution in [3.63, 3.8) is 0 Å². The fraction of sp³-hybridized carbons (Fsp3) is 0.100. The first kappa shape index (κ1) is 14.3. The van der Waals surface area contributed by atoms with Gasteiger partial charge >= 0.3 is 0 Å². The highest BCUT2D eigenvalue weighted by Crippen LogP contribution is 2.24. The molecule has 0 atom stereocenters. The average molecular weight is 316 g/mol. The number of sulfone groups is 1. The summed E-state index contributed by atoms with van der Waals surface area (Å²) in [5, 5.41) is 6.05. The van der Waals surface area contributed by atoms with Crippen LogP contribution in [0.3, 0.4) is 0 Å². The molecule has 4 N–H and O–H groups in total. The van der Waals surface area contributed by atoms with Gasteiger partial charge in [0, 0.05) is 12.5 Å². The second kappa shape index (κ2) is 4.80. The van der Waals surface area contributed by atoms with Gasteiger partial charge < -0.3 is 5.73 Å². The summed E-state index contributed by atoms with van der Waals surface area (Å²) >= 11 is 0. The Balaban J connectivity index is 2.51. The highest BCUT2D eigenvalue weighted by Gasteiger charge is 2.21. The fourth-order valence-electron chi connectivity index (χ4n) is 1.49. The highest BCUT2D eigenvalue weighted by molar-refractivity contribution is 7.93. The summed E-state index contributed by atoms with van der Waals surface area (Å²) in [6.45, 7) is 0. The number of rotatable bonds is 4. The molecule has 0 aliphatic rings. The molecule has 0 unspecified atom stereocenters. The van der Waals surface area contributed by atoms with E-state index in [9.17, 15) is 16.8 Å². The lowest BCUT2D eigenvalue weighted by Crippen LogP contribution is -2.15. The van der Waals surface area contributed by atoms with E-state index >= 15 is 0 Å². The largest absolute Gasteiger partial charge is 0.398 e. The van der Waals surface area contributed by atoms with Gasteiger partial charge in [0.25, 0.3) is 10.0 Å². The van der Waals surface area contributed by atoms with Gasteiger partial charge in [-0.15, -0.1) is 0 Å². The van der Waals surface area contributed by atoms with Crippen LogP contribution >= 0.6 is 0 Å². The molecule has 0 saturated heterocycles. The van der Waals surface area contributed by atoms with Crippen molar-refractivity contribution in [1.29, 1.82) is 0 Å². The lowest BCUT2D eigenvalue weighted by Gasteiger charge is -2.10. The van der Waals surface area contributed by atoms with Crippen LogP contribution in [0.4, 0.5) is 11.4 Å². The Bertz CT molecular complexity index is 826. The zero-order valence-electron chi connectivity index (χ0n) is 10.4. The molecule has 0 bridgehead atoms. The van der Waals surface area contributed by atoms with E-state index in [1.54, 1.807) is 0 Å². The number of sulfonamides is 1. The molecule has 20 heavy (non-hydrogen) atoms. The summed E-state index contributed by atoms with van der Waals surface area (Å²) in [7, 11) is -7.53. The molecule has 10 heteroatoms. The van der Waals surface area contributed by atoms with Crippen LogP contribution in [0.15, 0.2) is 40.4 Å². The van der Waals surface area contributed by atoms with E-state index in [2.05, 4.69) is 14.9 Å². The van der Waals surface area contributed by atoms with Crippen molar-refractivity contribution in [2.75, 3.05) is 16.7 Å². The first-order valence-electron chi connectivity index (χ1n) is 5.31. The minimum Gasteiger partial charge on any atom is -0.398 e. The molecule has 108 valence electrons. The van der Waals surface area contributed by atoms with Crippen molar-refractivity contribution in [2.24, 2.45) is 0 Å². The van der Waals surface area contributed by atoms with E-state index in [0.29, 0.717) is 0 Å². The van der Waals surface area contributed by atoms with Crippen LogP contribution in [0.25, 0.3) is 0 Å². The van der Waals surface area contributed by atoms with Gasteiger partial charge in [-0.2, -0.15) is 5.10 Å². The Morgan fingerprint density at radius 3 is 2.50 bits per heavy atom. The van der Waals surface area contributed by atoms with Crippen LogP contribution in [0.2, 0.25) is 0 Å². The lowest BCUT2D eigenvalue weighted by molar-refractivity contribution is 0.600. The summed E-state index contributed by atoms with van der Waals surface area (Å²) < 4.78 is 49.5. The Hall–Kier alpha value is -2.07. The molecule has 0 aliphatic carbocycles. The van der Waals surface area contributed by atoms with Crippen LogP contribution in [-0.2, 0) is 19.9 Å². The number of anilines is 2. The van der Waals surface area contributed by atoms with E-state index in [4.69, 9.17) is 5.73 Å². The summed E-state index contributed by atoms with van der Waals surface area (Å²) in [5.41, 5.74) is 5.78. The Morgan fingerprint density at radius 2 is 1.95 bits per heavy atom. The van der Waals surface area contributed by atoms with Crippen LogP contribution in [0.1, 0.15) is 0 Å². The number of hydrogen-bond donors (Lipinski definition) is 3. The molecule has 0 amide bonds. The molecule has 1 aromatic carbocycles. The summed E-state index contributed by atoms with van der Waals surface area (Å²) in [6.07, 6.45) is 3.60. The molecule has 1 heterocycles. The number of nitrogens with two attached hydrogens (primary N) is 1. The van der Waals surface area contributed by atoms with Gasteiger partial charge in [-0.25, -0.2) is 16.8 Å². The van der Waals surface area contributed by atoms with Gasteiger partial charge in [0.2, 0.25) is 0 Å². The maximum Gasteiger partial charge on any atom is 0.264 e. The molecule has 0 radical (unpaired) electrons. The number of hydrogen-bond acceptors (Lipinski definition) is 6. The molecule has 8 nitrogen and oxygen atoms in total. The maximum absolute atomic E-state index is 12.2. The third-order valence-electron chi connectivity index (χ3n) is 2.45. The van der Waals surface area contributed by atoms with E-state index in [1.165, 1.54) is 24.5 Å². The summed E-state index contributed by atoms with van der Waals surface area (Å²) in [5.74, 6) is 0. The first-order chi connectivity index (χ1) is 9.20. The van der Waals surface area contributed by atoms with Crippen molar-refractivity contribution in [3.8, 4) is 0 Å². The quantitative estimate of drug-likeness (QED) is 0.689. The minimum atomic E-state index is -4.00. The van der Waals surface area contributed by atoms with Gasteiger partial charge in [-0.3, -0.25) is 9.82 Å². The van der Waals surface area contributed by atoms with Gasteiger partial charge in [0.15, 0.2) is 9.84 Å².